The SMILES string of the molecule is O=C(NC1(c2ccc(-c3nc(N4CC[C@@H]4C(F)(F)F)nc4c3CCC4(F)F)cc2)CS(=O)(=O)C1)C(F)(F)F. The number of aromatic nitrogens is 2. The van der Waals surface area contributed by atoms with Gasteiger partial charge in [0.25, 0.3) is 5.92 Å². The minimum absolute atomic E-state index is 0.0183. The third kappa shape index (κ3) is 4.45. The van der Waals surface area contributed by atoms with Gasteiger partial charge in [-0.3, -0.25) is 4.79 Å². The number of benzene rings is 1. The molecule has 0 saturated carbocycles. The minimum Gasteiger partial charge on any atom is -0.337 e. The Hall–Kier alpha value is -3.04. The van der Waals surface area contributed by atoms with Crippen molar-refractivity contribution in [1.82, 2.24) is 15.3 Å². The van der Waals surface area contributed by atoms with Crippen LogP contribution in [0.15, 0.2) is 24.3 Å². The molecule has 1 N–H and O–H groups in total. The van der Waals surface area contributed by atoms with Crippen molar-refractivity contribution in [3.05, 3.63) is 41.1 Å². The number of halogens is 8. The summed E-state index contributed by atoms with van der Waals surface area (Å²) >= 11 is 0. The topological polar surface area (TPSA) is 92.3 Å². The van der Waals surface area contributed by atoms with E-state index >= 15 is 0 Å². The van der Waals surface area contributed by atoms with Gasteiger partial charge in [0.05, 0.1) is 22.7 Å². The van der Waals surface area contributed by atoms with E-state index in [9.17, 15) is 48.3 Å². The van der Waals surface area contributed by atoms with E-state index in [-0.39, 0.29) is 41.8 Å². The molecule has 2 aromatic rings. The normalized spacial score (nSPS) is 23.3. The fraction of sp³-hybridized carbons (Fsp3) is 0.500. The van der Waals surface area contributed by atoms with Gasteiger partial charge in [0, 0.05) is 24.1 Å². The number of hydrogen-bond acceptors (Lipinski definition) is 6. The van der Waals surface area contributed by atoms with Gasteiger partial charge in [-0.15, -0.1) is 0 Å². The van der Waals surface area contributed by atoms with Gasteiger partial charge < -0.3 is 10.2 Å². The molecule has 5 rings (SSSR count). The summed E-state index contributed by atoms with van der Waals surface area (Å²) in [5, 5.41) is 1.73. The van der Waals surface area contributed by atoms with E-state index in [1.54, 1.807) is 5.32 Å². The number of hydrogen-bond donors (Lipinski definition) is 1. The predicted molar refractivity (Wildman–Crippen MR) is 116 cm³/mol. The van der Waals surface area contributed by atoms with Crippen LogP contribution in [0.1, 0.15) is 29.7 Å². The Morgan fingerprint density at radius 3 is 2.16 bits per heavy atom. The summed E-state index contributed by atoms with van der Waals surface area (Å²) in [6.45, 7) is -0.0944. The summed E-state index contributed by atoms with van der Waals surface area (Å²) in [4.78, 5) is 20.3. The van der Waals surface area contributed by atoms with Crippen molar-refractivity contribution in [2.45, 2.75) is 49.1 Å². The van der Waals surface area contributed by atoms with Crippen LogP contribution in [0.4, 0.5) is 41.1 Å². The van der Waals surface area contributed by atoms with E-state index in [0.29, 0.717) is 0 Å². The van der Waals surface area contributed by atoms with E-state index in [4.69, 9.17) is 0 Å². The van der Waals surface area contributed by atoms with Gasteiger partial charge >= 0.3 is 18.3 Å². The van der Waals surface area contributed by atoms with Crippen LogP contribution in [0.25, 0.3) is 11.3 Å². The van der Waals surface area contributed by atoms with Crippen LogP contribution in [-0.2, 0) is 32.5 Å². The van der Waals surface area contributed by atoms with Gasteiger partial charge in [0.15, 0.2) is 9.84 Å². The number of amides is 1. The van der Waals surface area contributed by atoms with Gasteiger partial charge in [-0.1, -0.05) is 24.3 Å². The lowest BCUT2D eigenvalue weighted by atomic mass is 9.91. The molecule has 0 bridgehead atoms. The molecular weight excluding hydrogens is 552 g/mol. The van der Waals surface area contributed by atoms with Crippen LogP contribution >= 0.6 is 0 Å². The van der Waals surface area contributed by atoms with Crippen LogP contribution in [0.3, 0.4) is 0 Å². The average molecular weight is 570 g/mol. The van der Waals surface area contributed by atoms with Crippen molar-refractivity contribution in [1.29, 1.82) is 0 Å². The van der Waals surface area contributed by atoms with E-state index in [0.717, 1.165) is 4.90 Å². The highest BCUT2D eigenvalue weighted by Gasteiger charge is 2.54. The second-order valence-corrected chi connectivity index (χ2v) is 11.7. The first-order valence-corrected chi connectivity index (χ1v) is 13.1. The smallest absolute Gasteiger partial charge is 0.337 e. The fourth-order valence-electron chi connectivity index (χ4n) is 5.00. The Balaban J connectivity index is 1.53. The Kier molecular flexibility index (Phi) is 5.75. The number of anilines is 1. The molecule has 1 amide bonds. The highest BCUT2D eigenvalue weighted by Crippen LogP contribution is 2.46. The molecule has 2 saturated heterocycles. The Morgan fingerprint density at radius 2 is 1.66 bits per heavy atom. The average Bonchev–Trinajstić information content (AvgIpc) is 3.04. The van der Waals surface area contributed by atoms with Crippen molar-refractivity contribution >= 4 is 21.7 Å². The summed E-state index contributed by atoms with van der Waals surface area (Å²) < 4.78 is 131. The lowest BCUT2D eigenvalue weighted by Crippen LogP contribution is -2.64. The molecule has 0 spiro atoms. The van der Waals surface area contributed by atoms with Crippen LogP contribution in [0.5, 0.6) is 0 Å². The van der Waals surface area contributed by atoms with Crippen molar-refractivity contribution in [3.8, 4) is 11.3 Å². The molecule has 38 heavy (non-hydrogen) atoms. The summed E-state index contributed by atoms with van der Waals surface area (Å²) in [5.74, 6) is -7.81. The molecule has 3 aliphatic rings. The van der Waals surface area contributed by atoms with Gasteiger partial charge in [0.2, 0.25) is 5.95 Å². The summed E-state index contributed by atoms with van der Waals surface area (Å²) in [7, 11) is -3.72. The predicted octanol–water partition coefficient (Wildman–Crippen LogP) is 3.62. The first-order valence-electron chi connectivity index (χ1n) is 11.3. The monoisotopic (exact) mass is 570 g/mol. The van der Waals surface area contributed by atoms with Crippen molar-refractivity contribution in [2.24, 2.45) is 0 Å². The molecule has 1 atom stereocenters. The molecule has 2 aliphatic heterocycles. The van der Waals surface area contributed by atoms with E-state index in [1.165, 1.54) is 24.3 Å². The second kappa shape index (κ2) is 8.23. The van der Waals surface area contributed by atoms with E-state index in [2.05, 4.69) is 9.97 Å². The quantitative estimate of drug-likeness (QED) is 0.565. The highest BCUT2D eigenvalue weighted by molar-refractivity contribution is 7.93. The van der Waals surface area contributed by atoms with Gasteiger partial charge in [-0.25, -0.2) is 18.4 Å². The van der Waals surface area contributed by atoms with Crippen LogP contribution in [0.2, 0.25) is 0 Å². The first-order chi connectivity index (χ1) is 17.4. The van der Waals surface area contributed by atoms with Crippen LogP contribution in [0, 0.1) is 0 Å². The zero-order valence-electron chi connectivity index (χ0n) is 19.1. The van der Waals surface area contributed by atoms with Gasteiger partial charge in [-0.05, 0) is 18.4 Å². The Labute approximate surface area is 210 Å². The van der Waals surface area contributed by atoms with Gasteiger partial charge in [0.1, 0.15) is 11.7 Å². The standard InChI is InChI=1S/C22H18F8N4O3S/c23-20(24)7-5-13-15(31-18(32-16(13)20)34-8-6-14(34)21(25,26)27)11-1-3-12(4-2-11)19(9-38(36,37)10-19)33-17(35)22(28,29)30/h1-4,14H,5-10H2,(H,33,35)/t14-/m1/s1. The van der Waals surface area contributed by atoms with Gasteiger partial charge in [-0.2, -0.15) is 35.1 Å². The number of nitrogens with one attached hydrogen (secondary N) is 1. The number of rotatable bonds is 4. The van der Waals surface area contributed by atoms with Crippen LogP contribution < -0.4 is 10.2 Å². The third-order valence-electron chi connectivity index (χ3n) is 6.94. The zero-order valence-corrected chi connectivity index (χ0v) is 19.9. The highest BCUT2D eigenvalue weighted by atomic mass is 32.2. The summed E-state index contributed by atoms with van der Waals surface area (Å²) in [6, 6.07) is 3.08. The fourth-order valence-corrected chi connectivity index (χ4v) is 6.90. The Bertz CT molecular complexity index is 1400. The molecular formula is C22H18F8N4O3S. The van der Waals surface area contributed by atoms with Crippen LogP contribution in [-0.4, -0.2) is 60.7 Å². The molecule has 0 radical (unpaired) electrons. The van der Waals surface area contributed by atoms with E-state index < -0.39 is 75.2 Å². The molecule has 1 aromatic heterocycles. The second-order valence-electron chi connectivity index (χ2n) is 9.59. The molecule has 1 aliphatic carbocycles. The van der Waals surface area contributed by atoms with Crippen molar-refractivity contribution in [2.75, 3.05) is 23.0 Å². The van der Waals surface area contributed by atoms with E-state index in [1.807, 2.05) is 0 Å². The number of sulfone groups is 1. The number of alkyl halides is 8. The lowest BCUT2D eigenvalue weighted by molar-refractivity contribution is -0.175. The summed E-state index contributed by atoms with van der Waals surface area (Å²) in [6.07, 6.45) is -10.9. The summed E-state index contributed by atoms with van der Waals surface area (Å²) in [5.41, 5.74) is -2.39. The van der Waals surface area contributed by atoms with Crippen molar-refractivity contribution in [3.63, 3.8) is 0 Å². The number of carbonyl (C=O) groups excluding carboxylic acids is 1. The Morgan fingerprint density at radius 1 is 1.03 bits per heavy atom. The maximum atomic E-state index is 14.6. The number of fused-ring (bicyclic) bond motifs is 1. The minimum atomic E-state index is -5.26. The molecule has 1 aromatic carbocycles. The molecule has 0 unspecified atom stereocenters. The maximum absolute atomic E-state index is 14.6. The molecule has 3 heterocycles. The molecule has 2 fully saturated rings. The number of nitrogens with zero attached hydrogens (tertiary/aromatic N) is 3. The lowest BCUT2D eigenvalue weighted by Gasteiger charge is -2.42. The third-order valence-corrected chi connectivity index (χ3v) is 8.80. The maximum Gasteiger partial charge on any atom is 0.471 e. The first kappa shape index (κ1) is 26.6. The number of carbonyl (C=O) groups is 1. The zero-order chi connectivity index (χ0) is 27.9. The van der Waals surface area contributed by atoms with Crippen molar-refractivity contribution < 1.29 is 48.3 Å². The molecule has 7 nitrogen and oxygen atoms in total. The molecule has 206 valence electrons. The molecule has 16 heteroatoms. The largest absolute Gasteiger partial charge is 0.471 e.